The largest absolute Gasteiger partial charge is 0.338 e. The maximum absolute atomic E-state index is 14.0. The van der Waals surface area contributed by atoms with Gasteiger partial charge in [0.2, 0.25) is 0 Å². The van der Waals surface area contributed by atoms with Gasteiger partial charge in [0.15, 0.2) is 0 Å². The van der Waals surface area contributed by atoms with Gasteiger partial charge >= 0.3 is 0 Å². The molecule has 0 unspecified atom stereocenters. The van der Waals surface area contributed by atoms with Gasteiger partial charge in [-0.05, 0) is 62.4 Å². The van der Waals surface area contributed by atoms with Crippen molar-refractivity contribution >= 4 is 11.7 Å². The van der Waals surface area contributed by atoms with Crippen LogP contribution in [0.15, 0.2) is 24.5 Å². The molecule has 2 aromatic heterocycles. The maximum atomic E-state index is 14.0. The molecule has 2 atom stereocenters. The average Bonchev–Trinajstić information content (AvgIpc) is 3.13. The first-order valence-corrected chi connectivity index (χ1v) is 9.58. The Hall–Kier alpha value is -2.83. The van der Waals surface area contributed by atoms with E-state index in [1.54, 1.807) is 30.5 Å². The molecule has 1 aliphatic heterocycles. The van der Waals surface area contributed by atoms with Crippen molar-refractivity contribution in [1.29, 1.82) is 0 Å². The highest BCUT2D eigenvalue weighted by molar-refractivity contribution is 5.94. The molecule has 146 valence electrons. The van der Waals surface area contributed by atoms with E-state index in [9.17, 15) is 9.18 Å². The standard InChI is InChI=1S/C21H24FN5O/c1-12-5-6-26(20(28)16-7-13(2)19(22)14(3)8-16)10-17(12)18-9-15(4)25-21-23-11-24-27(18)21/h7-9,11-12,17H,5-6,10H2,1-4H3/t12-,17-/m1/s1. The van der Waals surface area contributed by atoms with Crippen LogP contribution in [0.5, 0.6) is 0 Å². The number of aryl methyl sites for hydroxylation is 3. The Morgan fingerprint density at radius 1 is 1.18 bits per heavy atom. The van der Waals surface area contributed by atoms with Crippen LogP contribution in [0.4, 0.5) is 4.39 Å². The summed E-state index contributed by atoms with van der Waals surface area (Å²) in [5, 5.41) is 4.33. The Balaban J connectivity index is 1.67. The van der Waals surface area contributed by atoms with Crippen LogP contribution in [-0.4, -0.2) is 43.5 Å². The zero-order valence-corrected chi connectivity index (χ0v) is 16.6. The molecule has 0 aliphatic carbocycles. The van der Waals surface area contributed by atoms with Crippen LogP contribution in [0.2, 0.25) is 0 Å². The van der Waals surface area contributed by atoms with Crippen molar-refractivity contribution in [3.05, 3.63) is 58.4 Å². The molecule has 3 heterocycles. The first kappa shape index (κ1) is 18.5. The number of carbonyl (C=O) groups is 1. The van der Waals surface area contributed by atoms with E-state index >= 15 is 0 Å². The lowest BCUT2D eigenvalue weighted by Crippen LogP contribution is -2.42. The summed E-state index contributed by atoms with van der Waals surface area (Å²) in [5.41, 5.74) is 3.45. The fourth-order valence-electron chi connectivity index (χ4n) is 4.11. The first-order valence-electron chi connectivity index (χ1n) is 9.58. The topological polar surface area (TPSA) is 63.4 Å². The van der Waals surface area contributed by atoms with Crippen LogP contribution >= 0.6 is 0 Å². The summed E-state index contributed by atoms with van der Waals surface area (Å²) in [7, 11) is 0. The lowest BCUT2D eigenvalue weighted by atomic mass is 9.84. The fraction of sp³-hybridized carbons (Fsp3) is 0.429. The first-order chi connectivity index (χ1) is 13.3. The Kier molecular flexibility index (Phi) is 4.61. The van der Waals surface area contributed by atoms with Gasteiger partial charge in [0.1, 0.15) is 12.1 Å². The lowest BCUT2D eigenvalue weighted by Gasteiger charge is -2.37. The summed E-state index contributed by atoms with van der Waals surface area (Å²) in [6, 6.07) is 5.32. The summed E-state index contributed by atoms with van der Waals surface area (Å²) in [6.07, 6.45) is 2.40. The molecule has 1 aromatic carbocycles. The van der Waals surface area contributed by atoms with E-state index in [4.69, 9.17) is 0 Å². The molecule has 0 bridgehead atoms. The van der Waals surface area contributed by atoms with E-state index in [0.29, 0.717) is 41.5 Å². The molecule has 6 nitrogen and oxygen atoms in total. The predicted molar refractivity (Wildman–Crippen MR) is 104 cm³/mol. The van der Waals surface area contributed by atoms with Gasteiger partial charge in [0.25, 0.3) is 11.7 Å². The number of fused-ring (bicyclic) bond motifs is 1. The number of amides is 1. The van der Waals surface area contributed by atoms with Gasteiger partial charge in [-0.2, -0.15) is 10.1 Å². The Morgan fingerprint density at radius 3 is 2.61 bits per heavy atom. The van der Waals surface area contributed by atoms with Gasteiger partial charge in [-0.15, -0.1) is 0 Å². The number of halogens is 1. The van der Waals surface area contributed by atoms with Crippen molar-refractivity contribution in [3.63, 3.8) is 0 Å². The molecule has 0 radical (unpaired) electrons. The monoisotopic (exact) mass is 381 g/mol. The molecule has 1 saturated heterocycles. The summed E-state index contributed by atoms with van der Waals surface area (Å²) in [5.74, 6) is 0.808. The average molecular weight is 381 g/mol. The highest BCUT2D eigenvalue weighted by atomic mass is 19.1. The highest BCUT2D eigenvalue weighted by Gasteiger charge is 2.32. The van der Waals surface area contributed by atoms with Crippen molar-refractivity contribution in [2.24, 2.45) is 5.92 Å². The number of hydrogen-bond donors (Lipinski definition) is 0. The molecule has 0 N–H and O–H groups in total. The van der Waals surface area contributed by atoms with E-state index in [1.807, 2.05) is 17.9 Å². The Labute approximate surface area is 163 Å². The molecule has 4 rings (SSSR count). The zero-order valence-electron chi connectivity index (χ0n) is 16.6. The highest BCUT2D eigenvalue weighted by Crippen LogP contribution is 2.33. The second-order valence-electron chi connectivity index (χ2n) is 7.84. The molecule has 28 heavy (non-hydrogen) atoms. The summed E-state index contributed by atoms with van der Waals surface area (Å²) < 4.78 is 15.7. The summed E-state index contributed by atoms with van der Waals surface area (Å²) in [6.45, 7) is 8.82. The molecule has 1 amide bonds. The normalized spacial score (nSPS) is 20.0. The number of rotatable bonds is 2. The van der Waals surface area contributed by atoms with Gasteiger partial charge < -0.3 is 4.90 Å². The van der Waals surface area contributed by atoms with Crippen molar-refractivity contribution in [1.82, 2.24) is 24.5 Å². The summed E-state index contributed by atoms with van der Waals surface area (Å²) in [4.78, 5) is 23.6. The van der Waals surface area contributed by atoms with E-state index in [0.717, 1.165) is 17.8 Å². The van der Waals surface area contributed by atoms with Crippen LogP contribution in [-0.2, 0) is 0 Å². The number of carbonyl (C=O) groups excluding carboxylic acids is 1. The van der Waals surface area contributed by atoms with E-state index < -0.39 is 0 Å². The van der Waals surface area contributed by atoms with E-state index in [2.05, 4.69) is 22.0 Å². The zero-order chi connectivity index (χ0) is 20.0. The third-order valence-electron chi connectivity index (χ3n) is 5.72. The van der Waals surface area contributed by atoms with Gasteiger partial charge in [0.05, 0.1) is 5.69 Å². The van der Waals surface area contributed by atoms with Gasteiger partial charge in [-0.1, -0.05) is 6.92 Å². The maximum Gasteiger partial charge on any atom is 0.253 e. The molecular weight excluding hydrogens is 357 g/mol. The van der Waals surface area contributed by atoms with Crippen molar-refractivity contribution < 1.29 is 9.18 Å². The molecule has 0 spiro atoms. The smallest absolute Gasteiger partial charge is 0.253 e. The molecular formula is C21H24FN5O. The van der Waals surface area contributed by atoms with E-state index in [1.165, 1.54) is 6.33 Å². The Morgan fingerprint density at radius 2 is 1.89 bits per heavy atom. The van der Waals surface area contributed by atoms with Gasteiger partial charge in [-0.25, -0.2) is 13.9 Å². The fourth-order valence-corrected chi connectivity index (χ4v) is 4.11. The van der Waals surface area contributed by atoms with Gasteiger partial charge in [0, 0.05) is 30.3 Å². The number of likely N-dealkylation sites (tertiary alicyclic amines) is 1. The number of aromatic nitrogens is 4. The van der Waals surface area contributed by atoms with Crippen molar-refractivity contribution in [3.8, 4) is 0 Å². The van der Waals surface area contributed by atoms with Crippen LogP contribution in [0.25, 0.3) is 5.78 Å². The van der Waals surface area contributed by atoms with Crippen LogP contribution in [0.1, 0.15) is 52.1 Å². The minimum absolute atomic E-state index is 0.0521. The lowest BCUT2D eigenvalue weighted by molar-refractivity contribution is 0.0666. The number of nitrogens with zero attached hydrogens (tertiary/aromatic N) is 5. The molecule has 7 heteroatoms. The number of hydrogen-bond acceptors (Lipinski definition) is 4. The molecule has 0 saturated carbocycles. The molecule has 1 fully saturated rings. The SMILES string of the molecule is Cc1cc([C@@H]2CN(C(=O)c3cc(C)c(F)c(C)c3)CC[C@H]2C)n2ncnc2n1. The molecule has 1 aliphatic rings. The van der Waals surface area contributed by atoms with Crippen LogP contribution in [0, 0.1) is 32.5 Å². The summed E-state index contributed by atoms with van der Waals surface area (Å²) >= 11 is 0. The number of piperidine rings is 1. The third-order valence-corrected chi connectivity index (χ3v) is 5.72. The predicted octanol–water partition coefficient (Wildman–Crippen LogP) is 3.45. The van der Waals surface area contributed by atoms with Crippen LogP contribution < -0.4 is 0 Å². The second-order valence-corrected chi connectivity index (χ2v) is 7.84. The van der Waals surface area contributed by atoms with Crippen molar-refractivity contribution in [2.75, 3.05) is 13.1 Å². The minimum Gasteiger partial charge on any atom is -0.338 e. The number of benzene rings is 1. The second kappa shape index (κ2) is 6.96. The van der Waals surface area contributed by atoms with Crippen LogP contribution in [0.3, 0.4) is 0 Å². The quantitative estimate of drug-likeness (QED) is 0.682. The third kappa shape index (κ3) is 3.15. The minimum atomic E-state index is -0.248. The molecule has 3 aromatic rings. The van der Waals surface area contributed by atoms with E-state index in [-0.39, 0.29) is 17.6 Å². The van der Waals surface area contributed by atoms with Crippen molar-refractivity contribution in [2.45, 2.75) is 40.0 Å². The Bertz CT molecular complexity index is 1040. The van der Waals surface area contributed by atoms with Gasteiger partial charge in [-0.3, -0.25) is 4.79 Å².